The minimum absolute atomic E-state index is 0.134. The second kappa shape index (κ2) is 4.25. The molecule has 0 bridgehead atoms. The molecule has 0 radical (unpaired) electrons. The van der Waals surface area contributed by atoms with Crippen molar-refractivity contribution in [2.75, 3.05) is 0 Å². The zero-order valence-electron chi connectivity index (χ0n) is 12.4. The molecular weight excluding hydrogens is 264 g/mol. The summed E-state index contributed by atoms with van der Waals surface area (Å²) in [4.78, 5) is 12.3. The lowest BCUT2D eigenvalue weighted by atomic mass is 9.55. The number of phenols is 2. The van der Waals surface area contributed by atoms with Crippen molar-refractivity contribution < 1.29 is 15.0 Å². The van der Waals surface area contributed by atoms with Crippen molar-refractivity contribution in [2.24, 2.45) is 17.3 Å². The van der Waals surface area contributed by atoms with E-state index < -0.39 is 0 Å². The first-order chi connectivity index (χ1) is 10.0. The maximum absolute atomic E-state index is 12.3. The van der Waals surface area contributed by atoms with Gasteiger partial charge in [-0.1, -0.05) is 6.92 Å². The molecule has 0 heterocycles. The maximum Gasteiger partial charge on any atom is 0.139 e. The summed E-state index contributed by atoms with van der Waals surface area (Å²) in [5.41, 5.74) is 1.77. The summed E-state index contributed by atoms with van der Waals surface area (Å²) in [6.45, 7) is 2.15. The third kappa shape index (κ3) is 1.63. The zero-order valence-corrected chi connectivity index (χ0v) is 12.4. The highest BCUT2D eigenvalue weighted by Crippen LogP contribution is 2.61. The van der Waals surface area contributed by atoms with Crippen molar-refractivity contribution in [1.29, 1.82) is 0 Å². The molecule has 0 aliphatic heterocycles. The van der Waals surface area contributed by atoms with Crippen LogP contribution in [0.1, 0.15) is 56.1 Å². The van der Waals surface area contributed by atoms with E-state index in [1.807, 2.05) is 0 Å². The number of hydrogen-bond donors (Lipinski definition) is 2. The molecule has 1 aromatic rings. The lowest BCUT2D eigenvalue weighted by molar-refractivity contribution is -0.129. The van der Waals surface area contributed by atoms with Crippen molar-refractivity contribution in [1.82, 2.24) is 0 Å². The minimum Gasteiger partial charge on any atom is -0.508 e. The summed E-state index contributed by atoms with van der Waals surface area (Å²) < 4.78 is 0. The number of aromatic hydroxyl groups is 2. The van der Waals surface area contributed by atoms with Crippen LogP contribution in [0.25, 0.3) is 0 Å². The van der Waals surface area contributed by atoms with E-state index in [9.17, 15) is 15.0 Å². The Bertz CT molecular complexity index is 621. The number of benzene rings is 1. The quantitative estimate of drug-likeness (QED) is 0.717. The Balaban J connectivity index is 1.79. The number of ketones is 1. The van der Waals surface area contributed by atoms with Gasteiger partial charge in [0, 0.05) is 23.0 Å². The average molecular weight is 286 g/mol. The molecule has 3 aliphatic rings. The van der Waals surface area contributed by atoms with Gasteiger partial charge < -0.3 is 10.2 Å². The Hall–Kier alpha value is -1.51. The maximum atomic E-state index is 12.3. The van der Waals surface area contributed by atoms with E-state index in [1.54, 1.807) is 12.1 Å². The Kier molecular flexibility index (Phi) is 2.66. The van der Waals surface area contributed by atoms with Gasteiger partial charge in [-0.05, 0) is 62.0 Å². The third-order valence-electron chi connectivity index (χ3n) is 6.55. The first-order valence-electron chi connectivity index (χ1n) is 8.09. The predicted octanol–water partition coefficient (Wildman–Crippen LogP) is 3.52. The van der Waals surface area contributed by atoms with Crippen molar-refractivity contribution in [2.45, 2.75) is 51.4 Å². The first kappa shape index (κ1) is 13.2. The molecule has 21 heavy (non-hydrogen) atoms. The van der Waals surface area contributed by atoms with E-state index in [0.717, 1.165) is 49.7 Å². The smallest absolute Gasteiger partial charge is 0.139 e. The van der Waals surface area contributed by atoms with Crippen molar-refractivity contribution in [3.63, 3.8) is 0 Å². The number of phenolic OH excluding ortho intramolecular Hbond substituents is 2. The molecule has 0 amide bonds. The van der Waals surface area contributed by atoms with Crippen LogP contribution >= 0.6 is 0 Å². The summed E-state index contributed by atoms with van der Waals surface area (Å²) in [5.74, 6) is 2.33. The second-order valence-electron chi connectivity index (χ2n) is 7.33. The Morgan fingerprint density at radius 3 is 2.67 bits per heavy atom. The Morgan fingerprint density at radius 2 is 1.86 bits per heavy atom. The molecule has 2 N–H and O–H groups in total. The van der Waals surface area contributed by atoms with E-state index in [-0.39, 0.29) is 5.41 Å². The highest BCUT2D eigenvalue weighted by Gasteiger charge is 2.55. The van der Waals surface area contributed by atoms with Gasteiger partial charge >= 0.3 is 0 Å². The second-order valence-corrected chi connectivity index (χ2v) is 7.33. The molecule has 0 aromatic heterocycles. The number of fused-ring (bicyclic) bond motifs is 5. The normalized spacial score (nSPS) is 37.8. The van der Waals surface area contributed by atoms with Gasteiger partial charge in [-0.2, -0.15) is 0 Å². The number of hydrogen-bond acceptors (Lipinski definition) is 3. The number of carbonyl (C=O) groups excluding carboxylic acids is 1. The molecule has 3 aliphatic carbocycles. The summed E-state index contributed by atoms with van der Waals surface area (Å²) in [5, 5.41) is 20.4. The number of Topliss-reactive ketones (excluding diaryl/α,β-unsaturated/α-hetero) is 1. The van der Waals surface area contributed by atoms with Gasteiger partial charge in [0.1, 0.15) is 17.3 Å². The van der Waals surface area contributed by atoms with E-state index in [1.165, 1.54) is 0 Å². The topological polar surface area (TPSA) is 57.5 Å². The molecule has 3 nitrogen and oxygen atoms in total. The van der Waals surface area contributed by atoms with Crippen molar-refractivity contribution >= 4 is 5.78 Å². The highest BCUT2D eigenvalue weighted by molar-refractivity contribution is 5.87. The summed E-state index contributed by atoms with van der Waals surface area (Å²) >= 11 is 0. The fourth-order valence-electron chi connectivity index (χ4n) is 5.45. The zero-order chi connectivity index (χ0) is 14.8. The number of rotatable bonds is 0. The fraction of sp³-hybridized carbons (Fsp3) is 0.611. The van der Waals surface area contributed by atoms with Crippen LogP contribution in [0.2, 0.25) is 0 Å². The van der Waals surface area contributed by atoms with Gasteiger partial charge in [0.05, 0.1) is 0 Å². The summed E-state index contributed by atoms with van der Waals surface area (Å²) in [7, 11) is 0. The van der Waals surface area contributed by atoms with E-state index in [2.05, 4.69) is 6.92 Å². The van der Waals surface area contributed by atoms with Crippen LogP contribution in [0, 0.1) is 17.3 Å². The van der Waals surface area contributed by atoms with Gasteiger partial charge in [0.2, 0.25) is 0 Å². The highest BCUT2D eigenvalue weighted by atomic mass is 16.3. The Labute approximate surface area is 125 Å². The lowest BCUT2D eigenvalue weighted by Gasteiger charge is -2.48. The van der Waals surface area contributed by atoms with Crippen LogP contribution in [0.4, 0.5) is 0 Å². The van der Waals surface area contributed by atoms with Crippen molar-refractivity contribution in [3.8, 4) is 11.5 Å². The molecule has 3 heteroatoms. The molecule has 0 spiro atoms. The summed E-state index contributed by atoms with van der Waals surface area (Å²) in [6.07, 6.45) is 5.45. The molecule has 0 unspecified atom stereocenters. The van der Waals surface area contributed by atoms with Crippen LogP contribution in [0.5, 0.6) is 11.5 Å². The molecule has 2 saturated carbocycles. The summed E-state index contributed by atoms with van der Waals surface area (Å²) in [6, 6.07) is 3.21. The van der Waals surface area contributed by atoms with Gasteiger partial charge in [-0.15, -0.1) is 0 Å². The predicted molar refractivity (Wildman–Crippen MR) is 79.4 cm³/mol. The van der Waals surface area contributed by atoms with Gasteiger partial charge in [0.15, 0.2) is 0 Å². The minimum atomic E-state index is -0.134. The molecular formula is C18H22O3. The molecule has 4 atom stereocenters. The molecule has 0 saturated heterocycles. The van der Waals surface area contributed by atoms with Crippen molar-refractivity contribution in [3.05, 3.63) is 23.3 Å². The lowest BCUT2D eigenvalue weighted by Crippen LogP contribution is -2.42. The van der Waals surface area contributed by atoms with Crippen LogP contribution < -0.4 is 0 Å². The monoisotopic (exact) mass is 286 g/mol. The number of carbonyl (C=O) groups is 1. The molecule has 112 valence electrons. The standard InChI is InChI=1S/C18H22O3/c1-18-9-8-11-10(13(18)4-7-16(18)21)2-3-12-14(19)5-6-15(20)17(11)12/h5-6,10-11,13,19-20H,2-4,7-9H2,1H3/t10-,11+,13+,18+/m1/s1. The van der Waals surface area contributed by atoms with Gasteiger partial charge in [0.25, 0.3) is 0 Å². The molecule has 4 rings (SSSR count). The van der Waals surface area contributed by atoms with Crippen LogP contribution in [-0.2, 0) is 11.2 Å². The largest absolute Gasteiger partial charge is 0.508 e. The average Bonchev–Trinajstić information content (AvgIpc) is 2.78. The SMILES string of the molecule is C[C@]12CC[C@@H]3c4c(O)ccc(O)c4CC[C@H]3[C@@H]1CCC2=O. The van der Waals surface area contributed by atoms with E-state index in [0.29, 0.717) is 35.0 Å². The molecule has 1 aromatic carbocycles. The van der Waals surface area contributed by atoms with Gasteiger partial charge in [-0.25, -0.2) is 0 Å². The van der Waals surface area contributed by atoms with Crippen LogP contribution in [-0.4, -0.2) is 16.0 Å². The van der Waals surface area contributed by atoms with E-state index >= 15 is 0 Å². The van der Waals surface area contributed by atoms with Crippen LogP contribution in [0.15, 0.2) is 12.1 Å². The van der Waals surface area contributed by atoms with Gasteiger partial charge in [-0.3, -0.25) is 4.79 Å². The van der Waals surface area contributed by atoms with Crippen LogP contribution in [0.3, 0.4) is 0 Å². The fourth-order valence-corrected chi connectivity index (χ4v) is 5.45. The molecule has 2 fully saturated rings. The third-order valence-corrected chi connectivity index (χ3v) is 6.55. The van der Waals surface area contributed by atoms with E-state index in [4.69, 9.17) is 0 Å². The first-order valence-corrected chi connectivity index (χ1v) is 8.09. The Morgan fingerprint density at radius 1 is 1.10 bits per heavy atom.